The van der Waals surface area contributed by atoms with E-state index < -0.39 is 40.3 Å². The summed E-state index contributed by atoms with van der Waals surface area (Å²) in [6.45, 7) is 0.944. The van der Waals surface area contributed by atoms with Gasteiger partial charge in [-0.05, 0) is 59.2 Å². The topological polar surface area (TPSA) is 105 Å². The second-order valence-electron chi connectivity index (χ2n) is 10.9. The number of morpholine rings is 1. The quantitative estimate of drug-likeness (QED) is 0.217. The van der Waals surface area contributed by atoms with Crippen LogP contribution >= 0.6 is 11.6 Å². The van der Waals surface area contributed by atoms with Gasteiger partial charge in [0.25, 0.3) is 5.91 Å². The molecule has 5 rings (SSSR count). The van der Waals surface area contributed by atoms with E-state index in [0.717, 1.165) is 11.1 Å². The number of nitrogens with one attached hydrogen (secondary N) is 1. The molecule has 47 heavy (non-hydrogen) atoms. The molecule has 1 N–H and O–H groups in total. The van der Waals surface area contributed by atoms with Gasteiger partial charge in [-0.15, -0.1) is 0 Å². The zero-order chi connectivity index (χ0) is 33.2. The van der Waals surface area contributed by atoms with Crippen LogP contribution in [0.3, 0.4) is 0 Å². The zero-order valence-electron chi connectivity index (χ0n) is 25.6. The maximum absolute atomic E-state index is 13.9. The molecule has 9 nitrogen and oxygen atoms in total. The largest absolute Gasteiger partial charge is 0.484 e. The lowest BCUT2D eigenvalue weighted by Crippen LogP contribution is -2.51. The van der Waals surface area contributed by atoms with Gasteiger partial charge in [-0.1, -0.05) is 72.3 Å². The van der Waals surface area contributed by atoms with Gasteiger partial charge in [-0.3, -0.25) is 9.59 Å². The molecular formula is C35H35ClFN3O6S. The predicted molar refractivity (Wildman–Crippen MR) is 176 cm³/mol. The Labute approximate surface area is 278 Å². The van der Waals surface area contributed by atoms with Gasteiger partial charge in [0, 0.05) is 37.6 Å². The van der Waals surface area contributed by atoms with E-state index in [0.29, 0.717) is 23.8 Å². The summed E-state index contributed by atoms with van der Waals surface area (Å²) in [5.74, 6) is -1.04. The van der Waals surface area contributed by atoms with Crippen LogP contribution in [-0.4, -0.2) is 68.4 Å². The third-order valence-electron chi connectivity index (χ3n) is 7.74. The molecule has 0 saturated carbocycles. The molecule has 12 heteroatoms. The van der Waals surface area contributed by atoms with E-state index in [9.17, 15) is 22.4 Å². The lowest BCUT2D eigenvalue weighted by Gasteiger charge is -2.31. The minimum Gasteiger partial charge on any atom is -0.484 e. The number of carbonyl (C=O) groups excluding carboxylic acids is 2. The van der Waals surface area contributed by atoms with Gasteiger partial charge < -0.3 is 19.7 Å². The molecule has 0 unspecified atom stereocenters. The summed E-state index contributed by atoms with van der Waals surface area (Å²) in [5, 5.41) is 3.43. The van der Waals surface area contributed by atoms with Gasteiger partial charge >= 0.3 is 0 Å². The maximum Gasteiger partial charge on any atom is 0.261 e. The average Bonchev–Trinajstić information content (AvgIpc) is 3.10. The SMILES string of the molecule is O=C(NCc1ccccc1Cl)[C@@H](Cc1ccccc1)N(Cc1ccc(F)cc1)C(=O)COc1ccc(S(=O)(=O)N2CCOCC2)cc1. The van der Waals surface area contributed by atoms with Crippen LogP contribution in [0, 0.1) is 5.82 Å². The molecule has 1 heterocycles. The number of nitrogens with zero attached hydrogens (tertiary/aromatic N) is 2. The monoisotopic (exact) mass is 679 g/mol. The highest BCUT2D eigenvalue weighted by Gasteiger charge is 2.31. The Morgan fingerprint density at radius 2 is 1.55 bits per heavy atom. The van der Waals surface area contributed by atoms with Crippen molar-refractivity contribution < 1.29 is 31.9 Å². The molecular weight excluding hydrogens is 645 g/mol. The van der Waals surface area contributed by atoms with Crippen LogP contribution in [0.25, 0.3) is 0 Å². The van der Waals surface area contributed by atoms with Crippen LogP contribution in [0.5, 0.6) is 5.75 Å². The van der Waals surface area contributed by atoms with E-state index in [4.69, 9.17) is 21.1 Å². The van der Waals surface area contributed by atoms with Crippen molar-refractivity contribution in [3.8, 4) is 5.75 Å². The van der Waals surface area contributed by atoms with Crippen LogP contribution in [0.2, 0.25) is 5.02 Å². The summed E-state index contributed by atoms with van der Waals surface area (Å²) in [5.41, 5.74) is 2.18. The highest BCUT2D eigenvalue weighted by atomic mass is 35.5. The van der Waals surface area contributed by atoms with Crippen molar-refractivity contribution in [1.82, 2.24) is 14.5 Å². The van der Waals surface area contributed by atoms with Crippen molar-refractivity contribution in [3.05, 3.63) is 131 Å². The number of ether oxygens (including phenoxy) is 2. The molecule has 4 aromatic rings. The van der Waals surface area contributed by atoms with Gasteiger partial charge in [-0.25, -0.2) is 12.8 Å². The fraction of sp³-hybridized carbons (Fsp3) is 0.257. The predicted octanol–water partition coefficient (Wildman–Crippen LogP) is 4.84. The summed E-state index contributed by atoms with van der Waals surface area (Å²) < 4.78 is 52.2. The van der Waals surface area contributed by atoms with Crippen molar-refractivity contribution in [1.29, 1.82) is 0 Å². The van der Waals surface area contributed by atoms with E-state index in [1.54, 1.807) is 24.3 Å². The first kappa shape index (κ1) is 34.1. The van der Waals surface area contributed by atoms with Gasteiger partial charge in [0.1, 0.15) is 17.6 Å². The normalized spacial score (nSPS) is 14.3. The van der Waals surface area contributed by atoms with Crippen molar-refractivity contribution in [2.75, 3.05) is 32.9 Å². The van der Waals surface area contributed by atoms with Gasteiger partial charge in [0.2, 0.25) is 15.9 Å². The Kier molecular flexibility index (Phi) is 11.6. The number of hydrogen-bond donors (Lipinski definition) is 1. The summed E-state index contributed by atoms with van der Waals surface area (Å²) in [6.07, 6.45) is 0.205. The van der Waals surface area contributed by atoms with Crippen LogP contribution < -0.4 is 10.1 Å². The number of hydrogen-bond acceptors (Lipinski definition) is 6. The summed E-state index contributed by atoms with van der Waals surface area (Å²) in [6, 6.07) is 27.1. The van der Waals surface area contributed by atoms with E-state index in [1.807, 2.05) is 42.5 Å². The Morgan fingerprint density at radius 1 is 0.894 bits per heavy atom. The minimum atomic E-state index is -3.70. The molecule has 0 bridgehead atoms. The minimum absolute atomic E-state index is 0.0101. The number of sulfonamides is 1. The molecule has 1 saturated heterocycles. The standard InChI is InChI=1S/C35H35ClFN3O6S/c36-32-9-5-4-8-28(32)23-38-35(42)33(22-26-6-2-1-3-7-26)40(24-27-10-12-29(37)13-11-27)34(41)25-46-30-14-16-31(17-15-30)47(43,44)39-18-20-45-21-19-39/h1-17,33H,18-25H2,(H,38,42)/t33-/m1/s1. The molecule has 246 valence electrons. The fourth-order valence-corrected chi connectivity index (χ4v) is 6.76. The highest BCUT2D eigenvalue weighted by molar-refractivity contribution is 7.89. The molecule has 1 fully saturated rings. The second-order valence-corrected chi connectivity index (χ2v) is 13.3. The van der Waals surface area contributed by atoms with Gasteiger partial charge in [-0.2, -0.15) is 4.31 Å². The van der Waals surface area contributed by atoms with Crippen molar-refractivity contribution in [3.63, 3.8) is 0 Å². The first-order chi connectivity index (χ1) is 22.7. The van der Waals surface area contributed by atoms with E-state index in [-0.39, 0.29) is 43.2 Å². The number of benzene rings is 4. The Bertz CT molecular complexity index is 1750. The fourth-order valence-electron chi connectivity index (χ4n) is 5.15. The second kappa shape index (κ2) is 16.0. The molecule has 4 aromatic carbocycles. The summed E-state index contributed by atoms with van der Waals surface area (Å²) >= 11 is 6.32. The van der Waals surface area contributed by atoms with E-state index >= 15 is 0 Å². The Balaban J connectivity index is 1.36. The number of rotatable bonds is 13. The van der Waals surface area contributed by atoms with Crippen LogP contribution in [0.15, 0.2) is 108 Å². The molecule has 0 aliphatic carbocycles. The lowest BCUT2D eigenvalue weighted by atomic mass is 10.0. The third-order valence-corrected chi connectivity index (χ3v) is 10.0. The highest BCUT2D eigenvalue weighted by Crippen LogP contribution is 2.22. The first-order valence-electron chi connectivity index (χ1n) is 15.1. The van der Waals surface area contributed by atoms with Crippen LogP contribution in [0.1, 0.15) is 16.7 Å². The molecule has 1 aliphatic heterocycles. The Morgan fingerprint density at radius 3 is 2.23 bits per heavy atom. The molecule has 2 amide bonds. The first-order valence-corrected chi connectivity index (χ1v) is 16.9. The van der Waals surface area contributed by atoms with Crippen molar-refractivity contribution in [2.45, 2.75) is 30.4 Å². The number of halogens is 2. The molecule has 1 aliphatic rings. The van der Waals surface area contributed by atoms with Gasteiger partial charge in [0.05, 0.1) is 18.1 Å². The molecule has 1 atom stereocenters. The number of amides is 2. The molecule has 0 aromatic heterocycles. The van der Waals surface area contributed by atoms with E-state index in [2.05, 4.69) is 5.32 Å². The average molecular weight is 680 g/mol. The lowest BCUT2D eigenvalue weighted by molar-refractivity contribution is -0.142. The van der Waals surface area contributed by atoms with Crippen LogP contribution in [-0.2, 0) is 43.9 Å². The van der Waals surface area contributed by atoms with Crippen molar-refractivity contribution in [2.24, 2.45) is 0 Å². The third kappa shape index (κ3) is 9.17. The number of carbonyl (C=O) groups is 2. The zero-order valence-corrected chi connectivity index (χ0v) is 27.1. The molecule has 0 radical (unpaired) electrons. The summed E-state index contributed by atoms with van der Waals surface area (Å²) in [7, 11) is -3.70. The molecule has 0 spiro atoms. The van der Waals surface area contributed by atoms with Gasteiger partial charge in [0.15, 0.2) is 6.61 Å². The van der Waals surface area contributed by atoms with E-state index in [1.165, 1.54) is 45.6 Å². The van der Waals surface area contributed by atoms with Crippen LogP contribution in [0.4, 0.5) is 4.39 Å². The van der Waals surface area contributed by atoms with Crippen molar-refractivity contribution >= 4 is 33.4 Å². The summed E-state index contributed by atoms with van der Waals surface area (Å²) in [4.78, 5) is 29.3. The Hall–Kier alpha value is -4.29. The smallest absolute Gasteiger partial charge is 0.261 e. The maximum atomic E-state index is 13.9.